The molecule has 0 fully saturated rings. The summed E-state index contributed by atoms with van der Waals surface area (Å²) in [6, 6.07) is 0. The summed E-state index contributed by atoms with van der Waals surface area (Å²) in [7, 11) is 0. The number of hydrogen-bond acceptors (Lipinski definition) is 5. The molecule has 70 valence electrons. The van der Waals surface area contributed by atoms with Crippen LogP contribution in [0.25, 0.3) is 0 Å². The molecule has 7 heteroatoms. The minimum absolute atomic E-state index is 0.141. The van der Waals surface area contributed by atoms with E-state index in [-0.39, 0.29) is 11.7 Å². The van der Waals surface area contributed by atoms with Crippen LogP contribution in [0.5, 0.6) is 0 Å². The molecule has 1 aromatic heterocycles. The third-order valence-corrected chi connectivity index (χ3v) is 0.734. The first-order valence-electron chi connectivity index (χ1n) is 3.20. The second-order valence-corrected chi connectivity index (χ2v) is 1.89. The zero-order valence-electron chi connectivity index (χ0n) is 6.93. The predicted molar refractivity (Wildman–Crippen MR) is 44.2 cm³/mol. The van der Waals surface area contributed by atoms with Crippen molar-refractivity contribution in [3.8, 4) is 0 Å². The Morgan fingerprint density at radius 1 is 1.54 bits per heavy atom. The molecule has 0 saturated carbocycles. The van der Waals surface area contributed by atoms with Crippen molar-refractivity contribution in [1.29, 1.82) is 5.41 Å². The largest absolute Gasteiger partial charge is 0.481 e. The van der Waals surface area contributed by atoms with Gasteiger partial charge in [-0.2, -0.15) is 0 Å². The van der Waals surface area contributed by atoms with Crippen LogP contribution in [-0.2, 0) is 4.79 Å². The monoisotopic (exact) mass is 183 g/mol. The molecule has 0 aliphatic carbocycles. The van der Waals surface area contributed by atoms with Crippen LogP contribution in [0, 0.1) is 5.41 Å². The molecule has 0 amide bonds. The Bertz CT molecular complexity index is 282. The first-order valence-corrected chi connectivity index (χ1v) is 3.20. The van der Waals surface area contributed by atoms with Crippen LogP contribution >= 0.6 is 0 Å². The Morgan fingerprint density at radius 3 is 2.15 bits per heavy atom. The highest BCUT2D eigenvalue weighted by molar-refractivity contribution is 5.90. The van der Waals surface area contributed by atoms with E-state index in [1.165, 1.54) is 12.7 Å². The highest BCUT2D eigenvalue weighted by Gasteiger charge is 1.94. The summed E-state index contributed by atoms with van der Waals surface area (Å²) < 4.78 is 0. The van der Waals surface area contributed by atoms with Gasteiger partial charge in [-0.25, -0.2) is 15.0 Å². The van der Waals surface area contributed by atoms with Gasteiger partial charge in [0, 0.05) is 6.92 Å². The zero-order valence-corrected chi connectivity index (χ0v) is 6.93. The van der Waals surface area contributed by atoms with E-state index < -0.39 is 5.97 Å². The Labute approximate surface area is 74.2 Å². The Hall–Kier alpha value is -2.05. The summed E-state index contributed by atoms with van der Waals surface area (Å²) in [5.74, 6) is -0.762. The number of carbonyl (C=O) groups is 1. The molecule has 0 aliphatic rings. The lowest BCUT2D eigenvalue weighted by molar-refractivity contribution is -0.134. The van der Waals surface area contributed by atoms with E-state index >= 15 is 0 Å². The standard InChI is InChI=1S/C4H5N5.C2H4O2/c5-3(6)4-8-1-7-2-9-4;1-2(3)4/h1-2H,(H3,5,6);1H3,(H,3,4). The molecule has 7 nitrogen and oxygen atoms in total. The molecule has 0 radical (unpaired) electrons. The van der Waals surface area contributed by atoms with Crippen molar-refractivity contribution in [2.75, 3.05) is 0 Å². The molecule has 13 heavy (non-hydrogen) atoms. The molecule has 1 aromatic rings. The van der Waals surface area contributed by atoms with Gasteiger partial charge in [-0.1, -0.05) is 0 Å². The Kier molecular flexibility index (Phi) is 4.70. The number of hydrogen-bond donors (Lipinski definition) is 3. The molecule has 0 atom stereocenters. The summed E-state index contributed by atoms with van der Waals surface area (Å²) in [4.78, 5) is 19.8. The van der Waals surface area contributed by atoms with Crippen LogP contribution in [-0.4, -0.2) is 31.9 Å². The zero-order chi connectivity index (χ0) is 10.3. The summed E-state index contributed by atoms with van der Waals surface area (Å²) in [6.45, 7) is 1.08. The maximum atomic E-state index is 9.00. The SMILES string of the molecule is CC(=O)O.N=C(N)c1ncncn1. The number of amidine groups is 1. The van der Waals surface area contributed by atoms with Crippen LogP contribution in [0.4, 0.5) is 0 Å². The normalized spacial score (nSPS) is 8.08. The smallest absolute Gasteiger partial charge is 0.300 e. The third kappa shape index (κ3) is 6.35. The Balaban J connectivity index is 0.000000310. The number of nitrogens with zero attached hydrogens (tertiary/aromatic N) is 3. The van der Waals surface area contributed by atoms with Gasteiger partial charge in [0.05, 0.1) is 0 Å². The van der Waals surface area contributed by atoms with Crippen LogP contribution in [0.2, 0.25) is 0 Å². The lowest BCUT2D eigenvalue weighted by atomic mass is 10.6. The average Bonchev–Trinajstić information content (AvgIpc) is 2.05. The lowest BCUT2D eigenvalue weighted by Crippen LogP contribution is -2.14. The first kappa shape index (κ1) is 11.0. The molecule has 0 saturated heterocycles. The number of carboxylic acids is 1. The van der Waals surface area contributed by atoms with Gasteiger partial charge >= 0.3 is 0 Å². The summed E-state index contributed by atoms with van der Waals surface area (Å²) in [6.07, 6.45) is 2.59. The number of aromatic nitrogens is 3. The van der Waals surface area contributed by atoms with Crippen molar-refractivity contribution < 1.29 is 9.90 Å². The van der Waals surface area contributed by atoms with Crippen molar-refractivity contribution >= 4 is 11.8 Å². The van der Waals surface area contributed by atoms with E-state index in [9.17, 15) is 0 Å². The van der Waals surface area contributed by atoms with E-state index in [4.69, 9.17) is 21.0 Å². The lowest BCUT2D eigenvalue weighted by Gasteiger charge is -1.90. The van der Waals surface area contributed by atoms with Gasteiger partial charge < -0.3 is 10.8 Å². The summed E-state index contributed by atoms with van der Waals surface area (Å²) >= 11 is 0. The van der Waals surface area contributed by atoms with E-state index in [1.54, 1.807) is 0 Å². The van der Waals surface area contributed by atoms with E-state index in [2.05, 4.69) is 15.0 Å². The van der Waals surface area contributed by atoms with E-state index in [0.717, 1.165) is 6.92 Å². The highest BCUT2D eigenvalue weighted by Crippen LogP contribution is 1.78. The minimum Gasteiger partial charge on any atom is -0.481 e. The second kappa shape index (κ2) is 5.58. The number of nitrogen functional groups attached to an aromatic ring is 1. The molecular weight excluding hydrogens is 174 g/mol. The average molecular weight is 183 g/mol. The van der Waals surface area contributed by atoms with Gasteiger partial charge in [-0.3, -0.25) is 10.2 Å². The Morgan fingerprint density at radius 2 is 1.92 bits per heavy atom. The fraction of sp³-hybridized carbons (Fsp3) is 0.167. The molecule has 4 N–H and O–H groups in total. The van der Waals surface area contributed by atoms with Crippen molar-refractivity contribution in [2.45, 2.75) is 6.92 Å². The van der Waals surface area contributed by atoms with Crippen molar-refractivity contribution in [1.82, 2.24) is 15.0 Å². The fourth-order valence-corrected chi connectivity index (χ4v) is 0.378. The molecule has 0 aromatic carbocycles. The topological polar surface area (TPSA) is 126 Å². The first-order chi connectivity index (χ1) is 6.04. The van der Waals surface area contributed by atoms with Gasteiger partial charge in [0.2, 0.25) is 0 Å². The van der Waals surface area contributed by atoms with Crippen LogP contribution in [0.1, 0.15) is 12.7 Å². The van der Waals surface area contributed by atoms with E-state index in [1.807, 2.05) is 0 Å². The van der Waals surface area contributed by atoms with Gasteiger partial charge in [-0.05, 0) is 0 Å². The predicted octanol–water partition coefficient (Wildman–Crippen LogP) is -0.753. The van der Waals surface area contributed by atoms with Gasteiger partial charge in [-0.15, -0.1) is 0 Å². The molecule has 0 bridgehead atoms. The molecular formula is C6H9N5O2. The maximum Gasteiger partial charge on any atom is 0.300 e. The quantitative estimate of drug-likeness (QED) is 0.388. The fourth-order valence-electron chi connectivity index (χ4n) is 0.378. The van der Waals surface area contributed by atoms with E-state index in [0.29, 0.717) is 0 Å². The van der Waals surface area contributed by atoms with Gasteiger partial charge in [0.25, 0.3) is 5.97 Å². The van der Waals surface area contributed by atoms with Crippen LogP contribution in [0.15, 0.2) is 12.7 Å². The van der Waals surface area contributed by atoms with Gasteiger partial charge in [0.15, 0.2) is 11.7 Å². The molecule has 1 heterocycles. The number of rotatable bonds is 1. The highest BCUT2D eigenvalue weighted by atomic mass is 16.4. The van der Waals surface area contributed by atoms with Crippen molar-refractivity contribution in [3.63, 3.8) is 0 Å². The summed E-state index contributed by atoms with van der Waals surface area (Å²) in [5, 5.41) is 14.3. The molecule has 1 rings (SSSR count). The van der Waals surface area contributed by atoms with Crippen LogP contribution < -0.4 is 5.73 Å². The van der Waals surface area contributed by atoms with Gasteiger partial charge in [0.1, 0.15) is 12.7 Å². The number of nitrogens with one attached hydrogen (secondary N) is 1. The summed E-state index contributed by atoms with van der Waals surface area (Å²) in [5.41, 5.74) is 5.04. The number of nitrogens with two attached hydrogens (primary N) is 1. The minimum atomic E-state index is -0.833. The maximum absolute atomic E-state index is 9.00. The number of aliphatic carboxylic acids is 1. The second-order valence-electron chi connectivity index (χ2n) is 1.89. The molecule has 0 unspecified atom stereocenters. The third-order valence-electron chi connectivity index (χ3n) is 0.734. The molecule has 0 aliphatic heterocycles. The molecule has 0 spiro atoms. The van der Waals surface area contributed by atoms with Crippen LogP contribution in [0.3, 0.4) is 0 Å². The number of carboxylic acid groups (broad SMARTS) is 1. The van der Waals surface area contributed by atoms with Crippen molar-refractivity contribution in [3.05, 3.63) is 18.5 Å². The van der Waals surface area contributed by atoms with Crippen molar-refractivity contribution in [2.24, 2.45) is 5.73 Å².